The van der Waals surface area contributed by atoms with E-state index >= 15 is 0 Å². The normalized spacial score (nSPS) is 10.4. The minimum atomic E-state index is -1.39. The van der Waals surface area contributed by atoms with Crippen LogP contribution in [0.3, 0.4) is 0 Å². The number of H-pyrrole nitrogens is 1. The quantitative estimate of drug-likeness (QED) is 0.411. The predicted molar refractivity (Wildman–Crippen MR) is 31.4 cm³/mol. The zero-order valence-electron chi connectivity index (χ0n) is 6.05. The van der Waals surface area contributed by atoms with Gasteiger partial charge in [-0.2, -0.15) is 16.3 Å². The van der Waals surface area contributed by atoms with Crippen LogP contribution in [0.1, 0.15) is 6.92 Å². The molecule has 1 heterocycles. The van der Waals surface area contributed by atoms with Gasteiger partial charge < -0.3 is 10.2 Å². The van der Waals surface area contributed by atoms with Crippen molar-refractivity contribution >= 4 is 5.95 Å². The highest BCUT2D eigenvalue weighted by Crippen LogP contribution is 2.02. The Morgan fingerprint density at radius 3 is 2.75 bits per heavy atom. The largest absolute Gasteiger partial charge is 0.883 e. The standard InChI is InChI=1S/C4H6N6O2/c1-2(3(11)12)5-6-4-7-9-10-8-4/h11-12H,1H3,(H,7,8,9,10)/p-2. The summed E-state index contributed by atoms with van der Waals surface area (Å²) in [5, 5.41) is 38.9. The van der Waals surface area contributed by atoms with E-state index in [-0.39, 0.29) is 11.6 Å². The van der Waals surface area contributed by atoms with E-state index in [9.17, 15) is 10.2 Å². The van der Waals surface area contributed by atoms with Crippen LogP contribution >= 0.6 is 0 Å². The molecule has 0 spiro atoms. The molecule has 0 aliphatic rings. The molecule has 0 atom stereocenters. The number of aromatic amines is 1. The lowest BCUT2D eigenvalue weighted by Gasteiger charge is -2.17. The zero-order valence-corrected chi connectivity index (χ0v) is 6.05. The van der Waals surface area contributed by atoms with E-state index < -0.39 is 5.95 Å². The summed E-state index contributed by atoms with van der Waals surface area (Å²) in [7, 11) is 0. The molecule has 0 saturated heterocycles. The van der Waals surface area contributed by atoms with Gasteiger partial charge in [-0.25, -0.2) is 0 Å². The molecule has 1 aromatic rings. The molecule has 1 rings (SSSR count). The van der Waals surface area contributed by atoms with E-state index in [1.807, 2.05) is 0 Å². The second-order valence-corrected chi connectivity index (χ2v) is 1.78. The van der Waals surface area contributed by atoms with E-state index in [0.717, 1.165) is 0 Å². The van der Waals surface area contributed by atoms with Crippen molar-refractivity contribution < 1.29 is 10.2 Å². The summed E-state index contributed by atoms with van der Waals surface area (Å²) in [6, 6.07) is 0. The van der Waals surface area contributed by atoms with Crippen LogP contribution in [0.4, 0.5) is 5.95 Å². The molecule has 0 bridgehead atoms. The zero-order chi connectivity index (χ0) is 8.97. The maximum Gasteiger partial charge on any atom is 0.307 e. The molecule has 8 heteroatoms. The third-order valence-corrected chi connectivity index (χ3v) is 0.919. The Labute approximate surface area is 66.6 Å². The number of tetrazole rings is 1. The molecule has 0 aliphatic carbocycles. The number of hydrogen-bond acceptors (Lipinski definition) is 7. The van der Waals surface area contributed by atoms with Gasteiger partial charge in [-0.1, -0.05) is 5.10 Å². The Bertz CT molecular complexity index is 297. The highest BCUT2D eigenvalue weighted by atomic mass is 16.5. The van der Waals surface area contributed by atoms with Gasteiger partial charge in [0.15, 0.2) is 0 Å². The van der Waals surface area contributed by atoms with Crippen molar-refractivity contribution in [2.24, 2.45) is 10.2 Å². The fourth-order valence-electron chi connectivity index (χ4n) is 0.359. The summed E-state index contributed by atoms with van der Waals surface area (Å²) >= 11 is 0. The van der Waals surface area contributed by atoms with Crippen LogP contribution in [0.25, 0.3) is 0 Å². The summed E-state index contributed by atoms with van der Waals surface area (Å²) in [5.41, 5.74) is -0.250. The Balaban J connectivity index is 2.70. The lowest BCUT2D eigenvalue weighted by molar-refractivity contribution is -0.515. The lowest BCUT2D eigenvalue weighted by atomic mass is 10.6. The Kier molecular flexibility index (Phi) is 2.31. The molecule has 0 aromatic carbocycles. The van der Waals surface area contributed by atoms with Gasteiger partial charge in [-0.3, -0.25) is 0 Å². The van der Waals surface area contributed by atoms with Gasteiger partial charge in [0.25, 0.3) is 0 Å². The Morgan fingerprint density at radius 2 is 2.25 bits per heavy atom. The van der Waals surface area contributed by atoms with Crippen molar-refractivity contribution in [1.82, 2.24) is 20.6 Å². The SMILES string of the molecule is CC(N=Nc1nn[nH]n1)=C([O-])[O-]. The van der Waals surface area contributed by atoms with Crippen LogP contribution in [0, 0.1) is 0 Å². The minimum Gasteiger partial charge on any atom is -0.883 e. The second-order valence-electron chi connectivity index (χ2n) is 1.78. The molecule has 0 fully saturated rings. The lowest BCUT2D eigenvalue weighted by Crippen LogP contribution is -2.19. The average Bonchev–Trinajstić information content (AvgIpc) is 2.51. The van der Waals surface area contributed by atoms with Crippen molar-refractivity contribution in [3.63, 3.8) is 0 Å². The molecule has 12 heavy (non-hydrogen) atoms. The van der Waals surface area contributed by atoms with Gasteiger partial charge in [0.1, 0.15) is 0 Å². The molecule has 8 nitrogen and oxygen atoms in total. The molecule has 1 N–H and O–H groups in total. The number of hydrogen-bond donors (Lipinski definition) is 1. The van der Waals surface area contributed by atoms with Gasteiger partial charge in [0.05, 0.1) is 0 Å². The van der Waals surface area contributed by atoms with E-state index in [1.165, 1.54) is 6.92 Å². The number of nitrogens with zero attached hydrogens (tertiary/aromatic N) is 5. The summed E-state index contributed by atoms with van der Waals surface area (Å²) in [5.74, 6) is -1.42. The van der Waals surface area contributed by atoms with Gasteiger partial charge in [-0.15, -0.1) is 10.2 Å². The molecule has 0 amide bonds. The number of azo groups is 1. The van der Waals surface area contributed by atoms with Gasteiger partial charge in [-0.05, 0) is 12.1 Å². The smallest absolute Gasteiger partial charge is 0.307 e. The maximum atomic E-state index is 10.1. The van der Waals surface area contributed by atoms with Crippen LogP contribution < -0.4 is 10.2 Å². The first-order valence-corrected chi connectivity index (χ1v) is 2.90. The number of rotatable bonds is 2. The Morgan fingerprint density at radius 1 is 1.50 bits per heavy atom. The van der Waals surface area contributed by atoms with E-state index in [0.29, 0.717) is 0 Å². The second kappa shape index (κ2) is 3.42. The molecule has 0 aliphatic heterocycles. The topological polar surface area (TPSA) is 125 Å². The third-order valence-electron chi connectivity index (χ3n) is 0.919. The minimum absolute atomic E-state index is 0.0319. The number of nitrogens with one attached hydrogen (secondary N) is 1. The molecular formula is C4H4N6O2-2. The highest BCUT2D eigenvalue weighted by molar-refractivity contribution is 5.05. The summed E-state index contributed by atoms with van der Waals surface area (Å²) < 4.78 is 0. The highest BCUT2D eigenvalue weighted by Gasteiger charge is 1.90. The molecule has 0 unspecified atom stereocenters. The van der Waals surface area contributed by atoms with Crippen LogP contribution in [-0.4, -0.2) is 20.6 Å². The third kappa shape index (κ3) is 2.01. The molecular weight excluding hydrogens is 164 g/mol. The average molecular weight is 168 g/mol. The predicted octanol–water partition coefficient (Wildman–Crippen LogP) is -1.81. The van der Waals surface area contributed by atoms with E-state index in [1.54, 1.807) is 0 Å². The monoisotopic (exact) mass is 168 g/mol. The van der Waals surface area contributed by atoms with Gasteiger partial charge >= 0.3 is 5.95 Å². The first-order valence-electron chi connectivity index (χ1n) is 2.90. The fraction of sp³-hybridized carbons (Fsp3) is 0.250. The fourth-order valence-corrected chi connectivity index (χ4v) is 0.359. The summed E-state index contributed by atoms with van der Waals surface area (Å²) in [6.45, 7) is 1.25. The molecule has 64 valence electrons. The van der Waals surface area contributed by atoms with Crippen molar-refractivity contribution in [3.05, 3.63) is 11.6 Å². The van der Waals surface area contributed by atoms with Crippen LogP contribution in [-0.2, 0) is 0 Å². The molecule has 0 radical (unpaired) electrons. The number of aromatic nitrogens is 4. The Hall–Kier alpha value is -1.99. The molecule has 0 saturated carbocycles. The van der Waals surface area contributed by atoms with Crippen molar-refractivity contribution in [2.45, 2.75) is 6.92 Å². The van der Waals surface area contributed by atoms with E-state index in [4.69, 9.17) is 0 Å². The maximum absolute atomic E-state index is 10.1. The summed E-state index contributed by atoms with van der Waals surface area (Å²) in [4.78, 5) is 0. The van der Waals surface area contributed by atoms with E-state index in [2.05, 4.69) is 30.9 Å². The van der Waals surface area contributed by atoms with Crippen LogP contribution in [0.15, 0.2) is 21.9 Å². The first kappa shape index (κ1) is 8.11. The number of allylic oxidation sites excluding steroid dienone is 1. The van der Waals surface area contributed by atoms with Crippen molar-refractivity contribution in [2.75, 3.05) is 0 Å². The van der Waals surface area contributed by atoms with Crippen LogP contribution in [0.2, 0.25) is 0 Å². The van der Waals surface area contributed by atoms with Gasteiger partial charge in [0, 0.05) is 5.70 Å². The van der Waals surface area contributed by atoms with Crippen molar-refractivity contribution in [1.29, 1.82) is 0 Å². The van der Waals surface area contributed by atoms with Crippen molar-refractivity contribution in [3.8, 4) is 0 Å². The summed E-state index contributed by atoms with van der Waals surface area (Å²) in [6.07, 6.45) is 0. The molecule has 1 aromatic heterocycles. The first-order chi connectivity index (χ1) is 5.70. The van der Waals surface area contributed by atoms with Gasteiger partial charge in [0.2, 0.25) is 0 Å². The van der Waals surface area contributed by atoms with Crippen LogP contribution in [0.5, 0.6) is 0 Å².